The fourth-order valence-electron chi connectivity index (χ4n) is 10.3. The van der Waals surface area contributed by atoms with Crippen LogP contribution in [0.4, 0.5) is 0 Å². The van der Waals surface area contributed by atoms with Gasteiger partial charge in [-0.3, -0.25) is 28.8 Å². The topological polar surface area (TPSA) is 207 Å². The summed E-state index contributed by atoms with van der Waals surface area (Å²) in [7, 11) is 3.36. The molecule has 4 unspecified atom stereocenters. The molecule has 1 saturated heterocycles. The van der Waals surface area contributed by atoms with Crippen LogP contribution in [0.1, 0.15) is 138 Å². The lowest BCUT2D eigenvalue weighted by atomic mass is 9.83. The third-order valence-corrected chi connectivity index (χ3v) is 15.0. The van der Waals surface area contributed by atoms with E-state index in [4.69, 9.17) is 4.42 Å². The molecule has 16 heteroatoms. The van der Waals surface area contributed by atoms with Gasteiger partial charge >= 0.3 is 0 Å². The van der Waals surface area contributed by atoms with E-state index in [0.717, 1.165) is 47.1 Å². The highest BCUT2D eigenvalue weighted by Crippen LogP contribution is 2.38. The molecule has 6 N–H and O–H groups in total. The van der Waals surface area contributed by atoms with E-state index in [9.17, 15) is 19.2 Å². The Bertz CT molecular complexity index is 2640. The van der Waals surface area contributed by atoms with Gasteiger partial charge in [0.1, 0.15) is 36.0 Å². The predicted octanol–water partition coefficient (Wildman–Crippen LogP) is 5.49. The van der Waals surface area contributed by atoms with Crippen molar-refractivity contribution in [2.24, 2.45) is 10.8 Å². The van der Waals surface area contributed by atoms with Crippen LogP contribution in [0.5, 0.6) is 0 Å². The summed E-state index contributed by atoms with van der Waals surface area (Å²) >= 11 is 0. The number of carbonyl (C=O) groups is 6. The lowest BCUT2D eigenvalue weighted by Gasteiger charge is -2.42. The fraction of sp³-hybridized carbons (Fsp3) is 0.526. The Balaban J connectivity index is 1.24. The van der Waals surface area contributed by atoms with E-state index in [1.165, 1.54) is 5.56 Å². The van der Waals surface area contributed by atoms with Gasteiger partial charge in [0.25, 0.3) is 0 Å². The Hall–Kier alpha value is -6.39. The van der Waals surface area contributed by atoms with Crippen LogP contribution in [0.15, 0.2) is 83.4 Å². The molecule has 0 radical (unpaired) electrons. The summed E-state index contributed by atoms with van der Waals surface area (Å²) < 4.78 is 5.99. The number of likely N-dealkylation sites (tertiary alicyclic amines) is 1. The van der Waals surface area contributed by atoms with E-state index in [2.05, 4.69) is 49.0 Å². The number of aryl methyl sites for hydroxylation is 2. The van der Waals surface area contributed by atoms with Crippen molar-refractivity contribution >= 4 is 35.4 Å². The van der Waals surface area contributed by atoms with E-state index in [1.54, 1.807) is 50.9 Å². The first kappa shape index (κ1) is 54.4. The van der Waals surface area contributed by atoms with E-state index >= 15 is 9.59 Å². The smallest absolute Gasteiger partial charge is 0.246 e. The Labute approximate surface area is 431 Å². The molecular formula is C57H77N9O7. The number of aromatic nitrogens is 1. The summed E-state index contributed by atoms with van der Waals surface area (Å²) in [5.41, 5.74) is 4.38. The molecule has 9 atom stereocenters. The molecule has 0 bridgehead atoms. The van der Waals surface area contributed by atoms with Gasteiger partial charge in [0.15, 0.2) is 0 Å². The second-order valence-electron chi connectivity index (χ2n) is 22.5. The SMILES string of the molecule is CN[C@@H](C)C(=O)NC(C(=O)N1Cc2cc([C@H]3C[C@@H](C(=O)NC(Cc4ccccc4)c4ncc(C)o4)N(C(=O)[C@@H](NC(=O)[C@H](C)NC)C(C)(C)C)C3)ccc2CC1C(=O)NC1CCCc2ccccc21)C(C)(C)C. The van der Waals surface area contributed by atoms with Crippen LogP contribution in [-0.2, 0) is 54.6 Å². The largest absolute Gasteiger partial charge is 0.444 e. The van der Waals surface area contributed by atoms with Crippen molar-refractivity contribution in [3.63, 3.8) is 0 Å². The van der Waals surface area contributed by atoms with Gasteiger partial charge in [-0.05, 0) is 105 Å². The maximum atomic E-state index is 15.2. The van der Waals surface area contributed by atoms with Gasteiger partial charge in [-0.1, -0.05) is 114 Å². The van der Waals surface area contributed by atoms with E-state index in [-0.39, 0.29) is 73.3 Å². The highest BCUT2D eigenvalue weighted by atomic mass is 16.4. The van der Waals surface area contributed by atoms with Gasteiger partial charge in [0.05, 0.1) is 24.3 Å². The summed E-state index contributed by atoms with van der Waals surface area (Å²) in [6.07, 6.45) is 5.13. The number of nitrogens with one attached hydrogen (secondary N) is 6. The number of fused-ring (bicyclic) bond motifs is 2. The minimum Gasteiger partial charge on any atom is -0.444 e. The molecule has 1 aliphatic carbocycles. The normalized spacial score (nSPS) is 20.9. The van der Waals surface area contributed by atoms with Gasteiger partial charge in [-0.25, -0.2) is 4.98 Å². The zero-order valence-corrected chi connectivity index (χ0v) is 44.6. The molecule has 0 saturated carbocycles. The number of likely N-dealkylation sites (N-methyl/N-ethyl adjacent to an activating group) is 2. The highest BCUT2D eigenvalue weighted by molar-refractivity contribution is 5.95. The summed E-state index contributed by atoms with van der Waals surface area (Å²) in [5, 5.41) is 18.4. The van der Waals surface area contributed by atoms with Gasteiger partial charge in [0.2, 0.25) is 41.3 Å². The number of amides is 6. The van der Waals surface area contributed by atoms with Crippen LogP contribution in [0.25, 0.3) is 0 Å². The van der Waals surface area contributed by atoms with E-state index < -0.39 is 53.1 Å². The summed E-state index contributed by atoms with van der Waals surface area (Å²) in [5.74, 6) is -1.48. The van der Waals surface area contributed by atoms with Gasteiger partial charge < -0.3 is 46.1 Å². The Morgan fingerprint density at radius 1 is 0.726 bits per heavy atom. The van der Waals surface area contributed by atoms with Crippen molar-refractivity contribution < 1.29 is 33.2 Å². The minimum absolute atomic E-state index is 0.0865. The number of oxazole rings is 1. The number of hydrogen-bond donors (Lipinski definition) is 6. The van der Waals surface area contributed by atoms with Crippen molar-refractivity contribution in [1.82, 2.24) is 46.7 Å². The molecule has 73 heavy (non-hydrogen) atoms. The number of rotatable bonds is 16. The molecule has 2 aliphatic heterocycles. The first-order valence-electron chi connectivity index (χ1n) is 25.9. The molecule has 16 nitrogen and oxygen atoms in total. The van der Waals surface area contributed by atoms with Crippen LogP contribution in [0, 0.1) is 17.8 Å². The average Bonchev–Trinajstić information content (AvgIpc) is 4.02. The zero-order chi connectivity index (χ0) is 52.9. The maximum absolute atomic E-state index is 15.2. The average molecular weight is 1000 g/mol. The predicted molar refractivity (Wildman–Crippen MR) is 280 cm³/mol. The van der Waals surface area contributed by atoms with Crippen LogP contribution in [0.2, 0.25) is 0 Å². The molecule has 7 rings (SSSR count). The summed E-state index contributed by atoms with van der Waals surface area (Å²) in [6, 6.07) is 18.2. The molecule has 3 heterocycles. The van der Waals surface area contributed by atoms with Gasteiger partial charge in [0, 0.05) is 31.8 Å². The first-order chi connectivity index (χ1) is 34.6. The molecule has 392 valence electrons. The molecule has 3 aliphatic rings. The number of benzene rings is 3. The minimum atomic E-state index is -0.972. The third-order valence-electron chi connectivity index (χ3n) is 15.0. The van der Waals surface area contributed by atoms with Crippen LogP contribution in [-0.4, -0.2) is 107 Å². The Morgan fingerprint density at radius 3 is 1.95 bits per heavy atom. The maximum Gasteiger partial charge on any atom is 0.246 e. The molecule has 3 aromatic carbocycles. The monoisotopic (exact) mass is 1000 g/mol. The molecule has 6 amide bonds. The van der Waals surface area contributed by atoms with Crippen molar-refractivity contribution in [3.05, 3.63) is 124 Å². The lowest BCUT2D eigenvalue weighted by molar-refractivity contribution is -0.147. The molecular weight excluding hydrogens is 923 g/mol. The zero-order valence-electron chi connectivity index (χ0n) is 44.6. The van der Waals surface area contributed by atoms with Crippen molar-refractivity contribution in [1.29, 1.82) is 0 Å². The molecule has 0 spiro atoms. The van der Waals surface area contributed by atoms with Crippen molar-refractivity contribution in [2.45, 2.75) is 162 Å². The molecule has 1 fully saturated rings. The van der Waals surface area contributed by atoms with Gasteiger partial charge in [-0.2, -0.15) is 0 Å². The van der Waals surface area contributed by atoms with Gasteiger partial charge in [-0.15, -0.1) is 0 Å². The quantitative estimate of drug-likeness (QED) is 0.0833. The van der Waals surface area contributed by atoms with Crippen LogP contribution in [0.3, 0.4) is 0 Å². The molecule has 4 aromatic rings. The second-order valence-corrected chi connectivity index (χ2v) is 22.5. The highest BCUT2D eigenvalue weighted by Gasteiger charge is 2.47. The van der Waals surface area contributed by atoms with Crippen molar-refractivity contribution in [2.75, 3.05) is 20.6 Å². The lowest BCUT2D eigenvalue weighted by Crippen LogP contribution is -2.62. The first-order valence-corrected chi connectivity index (χ1v) is 25.9. The Morgan fingerprint density at radius 2 is 1.34 bits per heavy atom. The van der Waals surface area contributed by atoms with Crippen LogP contribution < -0.4 is 31.9 Å². The molecule has 1 aromatic heterocycles. The number of carbonyl (C=O) groups excluding carboxylic acids is 6. The second kappa shape index (κ2) is 22.8. The number of nitrogens with zero attached hydrogens (tertiary/aromatic N) is 3. The van der Waals surface area contributed by atoms with Crippen molar-refractivity contribution in [3.8, 4) is 0 Å². The van der Waals surface area contributed by atoms with E-state index in [1.807, 2.05) is 102 Å². The number of hydrogen-bond acceptors (Lipinski definition) is 10. The Kier molecular flexibility index (Phi) is 17.0. The van der Waals surface area contributed by atoms with Crippen LogP contribution >= 0.6 is 0 Å². The third kappa shape index (κ3) is 12.7. The standard InChI is InChI=1S/C57H77N9O7/c1-33-30-60-53(73-33)44(26-36-18-13-12-14-19-36)62-52(70)46-29-41(32-66(46)55(72)48(57(7,8)9)64-50(68)35(3)59-11)38-24-25-39-28-45(51(69)61-43-23-17-21-37-20-15-16-22-42(37)43)65(31-40(39)27-38)54(71)47(56(4,5)6)63-49(67)34(2)58-10/h12-16,18-20,22,24-25,27,30,34-35,41,43-48,58-59H,17,21,23,26,28-29,31-32H2,1-11H3,(H,61,69)(H,62,70)(H,63,67)(H,64,68)/t34-,35-,41-,43?,44?,45?,46-,47?,48+/m0/s1. The summed E-state index contributed by atoms with van der Waals surface area (Å²) in [4.78, 5) is 94.5. The summed E-state index contributed by atoms with van der Waals surface area (Å²) in [6.45, 7) is 16.9. The van der Waals surface area contributed by atoms with E-state index in [0.29, 0.717) is 18.1 Å². The fourth-order valence-corrected chi connectivity index (χ4v) is 10.3.